The molecule has 21 heavy (non-hydrogen) atoms. The van der Waals surface area contributed by atoms with Crippen LogP contribution in [0.25, 0.3) is 0 Å². The molecular weight excluding hydrogens is 286 g/mol. The lowest BCUT2D eigenvalue weighted by Gasteiger charge is -2.33. The highest BCUT2D eigenvalue weighted by molar-refractivity contribution is 7.10. The number of benzene rings is 1. The van der Waals surface area contributed by atoms with Gasteiger partial charge >= 0.3 is 5.97 Å². The second-order valence-corrected chi connectivity index (χ2v) is 6.00. The van der Waals surface area contributed by atoms with Gasteiger partial charge in [-0.1, -0.05) is 30.3 Å². The Morgan fingerprint density at radius 1 is 1.24 bits per heavy atom. The minimum atomic E-state index is -0.959. The zero-order chi connectivity index (χ0) is 14.8. The lowest BCUT2D eigenvalue weighted by molar-refractivity contribution is -0.150. The summed E-state index contributed by atoms with van der Waals surface area (Å²) in [6, 6.07) is 10.5. The van der Waals surface area contributed by atoms with Gasteiger partial charge in [0.1, 0.15) is 0 Å². The maximum absolute atomic E-state index is 12.5. The first-order chi connectivity index (χ1) is 10.2. The van der Waals surface area contributed by atoms with E-state index < -0.39 is 12.0 Å². The van der Waals surface area contributed by atoms with Gasteiger partial charge in [-0.05, 0) is 29.0 Å². The van der Waals surface area contributed by atoms with Crippen molar-refractivity contribution in [2.75, 3.05) is 6.54 Å². The lowest BCUT2D eigenvalue weighted by Crippen LogP contribution is -2.43. The average Bonchev–Trinajstić information content (AvgIpc) is 2.95. The Morgan fingerprint density at radius 3 is 2.71 bits per heavy atom. The van der Waals surface area contributed by atoms with Crippen molar-refractivity contribution in [2.24, 2.45) is 0 Å². The predicted molar refractivity (Wildman–Crippen MR) is 80.3 cm³/mol. The summed E-state index contributed by atoms with van der Waals surface area (Å²) in [7, 11) is 0. The van der Waals surface area contributed by atoms with Crippen LogP contribution in [0, 0.1) is 0 Å². The van der Waals surface area contributed by atoms with Crippen LogP contribution in [0.2, 0.25) is 0 Å². The largest absolute Gasteiger partial charge is 0.479 e. The fourth-order valence-electron chi connectivity index (χ4n) is 2.69. The number of thiophene rings is 1. The number of nitrogens with zero attached hydrogens (tertiary/aromatic N) is 1. The zero-order valence-corrected chi connectivity index (χ0v) is 12.2. The van der Waals surface area contributed by atoms with Gasteiger partial charge in [0.25, 0.3) is 0 Å². The van der Waals surface area contributed by atoms with Gasteiger partial charge < -0.3 is 10.0 Å². The highest BCUT2D eigenvalue weighted by atomic mass is 32.1. The topological polar surface area (TPSA) is 57.6 Å². The van der Waals surface area contributed by atoms with Crippen molar-refractivity contribution >= 4 is 23.2 Å². The van der Waals surface area contributed by atoms with Crippen LogP contribution in [0.3, 0.4) is 0 Å². The van der Waals surface area contributed by atoms with E-state index in [-0.39, 0.29) is 12.3 Å². The molecule has 1 N–H and O–H groups in total. The number of aliphatic carboxylic acids is 1. The van der Waals surface area contributed by atoms with Crippen molar-refractivity contribution in [3.05, 3.63) is 57.8 Å². The minimum absolute atomic E-state index is 0.132. The molecule has 2 heterocycles. The fraction of sp³-hybridized carbons (Fsp3) is 0.250. The molecule has 4 nitrogen and oxygen atoms in total. The molecule has 1 atom stereocenters. The highest BCUT2D eigenvalue weighted by Gasteiger charge is 2.36. The zero-order valence-electron chi connectivity index (χ0n) is 11.4. The molecule has 0 spiro atoms. The second-order valence-electron chi connectivity index (χ2n) is 5.05. The number of amides is 1. The van der Waals surface area contributed by atoms with Crippen molar-refractivity contribution < 1.29 is 14.7 Å². The summed E-state index contributed by atoms with van der Waals surface area (Å²) in [4.78, 5) is 26.4. The maximum atomic E-state index is 12.5. The van der Waals surface area contributed by atoms with Crippen LogP contribution in [0.4, 0.5) is 0 Å². The van der Waals surface area contributed by atoms with E-state index in [9.17, 15) is 14.7 Å². The van der Waals surface area contributed by atoms with Crippen molar-refractivity contribution in [3.8, 4) is 0 Å². The fourth-order valence-corrected chi connectivity index (χ4v) is 3.75. The van der Waals surface area contributed by atoms with Gasteiger partial charge in [-0.25, -0.2) is 4.79 Å². The first kappa shape index (κ1) is 13.8. The third-order valence-corrected chi connectivity index (χ3v) is 4.73. The van der Waals surface area contributed by atoms with E-state index in [1.54, 1.807) is 0 Å². The molecule has 108 valence electrons. The average molecular weight is 301 g/mol. The van der Waals surface area contributed by atoms with Crippen molar-refractivity contribution in [3.63, 3.8) is 0 Å². The molecule has 1 aliphatic heterocycles. The Hall–Kier alpha value is -2.14. The molecule has 3 rings (SSSR count). The molecule has 0 bridgehead atoms. The van der Waals surface area contributed by atoms with Crippen LogP contribution in [0.5, 0.6) is 0 Å². The van der Waals surface area contributed by atoms with E-state index in [0.29, 0.717) is 6.54 Å². The molecule has 1 aliphatic rings. The third-order valence-electron chi connectivity index (χ3n) is 3.72. The van der Waals surface area contributed by atoms with E-state index >= 15 is 0 Å². The molecule has 0 radical (unpaired) electrons. The van der Waals surface area contributed by atoms with Gasteiger partial charge in [-0.2, -0.15) is 0 Å². The van der Waals surface area contributed by atoms with Gasteiger partial charge in [-0.3, -0.25) is 4.79 Å². The van der Waals surface area contributed by atoms with Gasteiger partial charge in [0.05, 0.1) is 6.42 Å². The van der Waals surface area contributed by atoms with E-state index in [1.165, 1.54) is 16.2 Å². The Morgan fingerprint density at radius 2 is 2.00 bits per heavy atom. The molecule has 0 saturated heterocycles. The Bertz CT molecular complexity index is 665. The maximum Gasteiger partial charge on any atom is 0.331 e. The molecule has 0 saturated carbocycles. The number of carboxylic acid groups (broad SMARTS) is 1. The first-order valence-corrected chi connectivity index (χ1v) is 7.67. The highest BCUT2D eigenvalue weighted by Crippen LogP contribution is 2.34. The van der Waals surface area contributed by atoms with Gasteiger partial charge in [0, 0.05) is 11.4 Å². The lowest BCUT2D eigenvalue weighted by atomic mass is 10.0. The summed E-state index contributed by atoms with van der Waals surface area (Å²) in [5.41, 5.74) is 1.96. The number of carbonyl (C=O) groups excluding carboxylic acids is 1. The van der Waals surface area contributed by atoms with Crippen LogP contribution in [-0.4, -0.2) is 28.4 Å². The Labute approximate surface area is 126 Å². The van der Waals surface area contributed by atoms with Gasteiger partial charge in [-0.15, -0.1) is 11.3 Å². The standard InChI is InChI=1S/C16H15NO3S/c18-13(10-11-4-2-1-3-5-11)17-8-6-12-7-9-21-15(12)14(17)16(19)20/h1-5,7,9,14H,6,8,10H2,(H,19,20). The first-order valence-electron chi connectivity index (χ1n) is 6.79. The SMILES string of the molecule is O=C(O)C1c2sccc2CCN1C(=O)Cc1ccccc1. The van der Waals surface area contributed by atoms with E-state index in [1.807, 2.05) is 41.8 Å². The molecule has 1 unspecified atom stereocenters. The molecule has 0 aliphatic carbocycles. The summed E-state index contributed by atoms with van der Waals surface area (Å²) in [6.45, 7) is 0.465. The molecular formula is C16H15NO3S. The Balaban J connectivity index is 1.84. The van der Waals surface area contributed by atoms with E-state index in [2.05, 4.69) is 0 Å². The number of hydrogen-bond donors (Lipinski definition) is 1. The second kappa shape index (κ2) is 5.69. The summed E-state index contributed by atoms with van der Waals surface area (Å²) in [5, 5.41) is 11.4. The number of hydrogen-bond acceptors (Lipinski definition) is 3. The van der Waals surface area contributed by atoms with Crippen molar-refractivity contribution in [1.82, 2.24) is 4.90 Å². The van der Waals surface area contributed by atoms with Crippen molar-refractivity contribution in [2.45, 2.75) is 18.9 Å². The number of carboxylic acids is 1. The quantitative estimate of drug-likeness (QED) is 0.947. The van der Waals surface area contributed by atoms with Crippen LogP contribution in [0.15, 0.2) is 41.8 Å². The summed E-state index contributed by atoms with van der Waals surface area (Å²) in [6.07, 6.45) is 0.967. The van der Waals surface area contributed by atoms with Crippen LogP contribution < -0.4 is 0 Å². The van der Waals surface area contributed by atoms with Gasteiger partial charge in [0.2, 0.25) is 5.91 Å². The number of carbonyl (C=O) groups is 2. The number of rotatable bonds is 3. The molecule has 2 aromatic rings. The van der Waals surface area contributed by atoms with Crippen LogP contribution >= 0.6 is 11.3 Å². The summed E-state index contributed by atoms with van der Waals surface area (Å²) < 4.78 is 0. The molecule has 5 heteroatoms. The normalized spacial score (nSPS) is 17.3. The molecule has 1 amide bonds. The monoisotopic (exact) mass is 301 g/mol. The summed E-state index contributed by atoms with van der Waals surface area (Å²) in [5.74, 6) is -1.09. The molecule has 1 aromatic carbocycles. The number of fused-ring (bicyclic) bond motifs is 1. The molecule has 1 aromatic heterocycles. The predicted octanol–water partition coefficient (Wildman–Crippen LogP) is 2.50. The van der Waals surface area contributed by atoms with Crippen LogP contribution in [0.1, 0.15) is 22.0 Å². The van der Waals surface area contributed by atoms with E-state index in [0.717, 1.165) is 22.4 Å². The smallest absolute Gasteiger partial charge is 0.331 e. The van der Waals surface area contributed by atoms with Crippen molar-refractivity contribution in [1.29, 1.82) is 0 Å². The van der Waals surface area contributed by atoms with Crippen LogP contribution in [-0.2, 0) is 22.4 Å². The van der Waals surface area contributed by atoms with E-state index in [4.69, 9.17) is 0 Å². The minimum Gasteiger partial charge on any atom is -0.479 e. The summed E-state index contributed by atoms with van der Waals surface area (Å²) >= 11 is 1.41. The van der Waals surface area contributed by atoms with Gasteiger partial charge in [0.15, 0.2) is 6.04 Å². The Kier molecular flexibility index (Phi) is 3.75. The third kappa shape index (κ3) is 2.69. The molecule has 0 fully saturated rings.